The van der Waals surface area contributed by atoms with Crippen LogP contribution in [0.1, 0.15) is 31.2 Å². The highest BCUT2D eigenvalue weighted by Crippen LogP contribution is 2.40. The first-order valence-corrected chi connectivity index (χ1v) is 7.68. The molecular weight excluding hydrogens is 236 g/mol. The van der Waals surface area contributed by atoms with Gasteiger partial charge in [0, 0.05) is 12.5 Å². The van der Waals surface area contributed by atoms with E-state index in [1.807, 2.05) is 12.1 Å². The monoisotopic (exact) mass is 254 g/mol. The predicted molar refractivity (Wildman–Crippen MR) is 66.7 cm³/mol. The molecule has 2 atom stereocenters. The van der Waals surface area contributed by atoms with Crippen molar-refractivity contribution in [1.82, 2.24) is 0 Å². The number of aliphatic hydroxyl groups excluding tert-OH is 1. The van der Waals surface area contributed by atoms with E-state index in [-0.39, 0.29) is 24.2 Å². The zero-order valence-corrected chi connectivity index (χ0v) is 10.8. The number of fused-ring (bicyclic) bond motifs is 1. The summed E-state index contributed by atoms with van der Waals surface area (Å²) in [6.07, 6.45) is 1.83. The largest absolute Gasteiger partial charge is 0.396 e. The van der Waals surface area contributed by atoms with E-state index < -0.39 is 9.84 Å². The number of aliphatic hydroxyl groups is 1. The van der Waals surface area contributed by atoms with Crippen molar-refractivity contribution in [3.05, 3.63) is 29.8 Å². The van der Waals surface area contributed by atoms with E-state index in [1.165, 1.54) is 0 Å². The zero-order valence-electron chi connectivity index (χ0n) is 9.96. The summed E-state index contributed by atoms with van der Waals surface area (Å²) in [5.74, 6) is 0.164. The molecular formula is C13H18O3S. The Morgan fingerprint density at radius 1 is 1.41 bits per heavy atom. The normalized spacial score (nSPS) is 23.3. The van der Waals surface area contributed by atoms with Gasteiger partial charge in [0.1, 0.15) is 0 Å². The van der Waals surface area contributed by atoms with Gasteiger partial charge in [0.25, 0.3) is 0 Å². The molecule has 1 aromatic carbocycles. The minimum atomic E-state index is -3.14. The minimum absolute atomic E-state index is 0.0406. The van der Waals surface area contributed by atoms with Crippen molar-refractivity contribution in [2.75, 3.05) is 12.4 Å². The molecule has 0 aliphatic carbocycles. The molecule has 0 fully saturated rings. The Hall–Kier alpha value is -0.870. The molecule has 2 rings (SSSR count). The van der Waals surface area contributed by atoms with Gasteiger partial charge in [-0.2, -0.15) is 0 Å². The lowest BCUT2D eigenvalue weighted by molar-refractivity contribution is 0.200. The van der Waals surface area contributed by atoms with Crippen LogP contribution >= 0.6 is 0 Å². The standard InChI is InChI=1S/C13H18O3S/c1-2-5-10(8-14)12-9-17(15,16)13-7-4-3-6-11(12)13/h3-4,6-7,10,12,14H,2,5,8-9H2,1H3. The molecule has 2 unspecified atom stereocenters. The van der Waals surface area contributed by atoms with E-state index in [2.05, 4.69) is 6.92 Å². The van der Waals surface area contributed by atoms with E-state index in [9.17, 15) is 13.5 Å². The van der Waals surface area contributed by atoms with Gasteiger partial charge in [0.15, 0.2) is 9.84 Å². The van der Waals surface area contributed by atoms with Crippen LogP contribution in [0.15, 0.2) is 29.2 Å². The fraction of sp³-hybridized carbons (Fsp3) is 0.538. The van der Waals surface area contributed by atoms with Crippen molar-refractivity contribution in [1.29, 1.82) is 0 Å². The molecule has 1 aliphatic rings. The van der Waals surface area contributed by atoms with Crippen molar-refractivity contribution >= 4 is 9.84 Å². The van der Waals surface area contributed by atoms with Gasteiger partial charge in [-0.3, -0.25) is 0 Å². The van der Waals surface area contributed by atoms with Gasteiger partial charge < -0.3 is 5.11 Å². The Balaban J connectivity index is 2.40. The van der Waals surface area contributed by atoms with Gasteiger partial charge >= 0.3 is 0 Å². The maximum Gasteiger partial charge on any atom is 0.179 e. The number of sulfone groups is 1. The quantitative estimate of drug-likeness (QED) is 0.893. The Kier molecular flexibility index (Phi) is 3.54. The molecule has 0 spiro atoms. The molecule has 1 aromatic rings. The smallest absolute Gasteiger partial charge is 0.179 e. The second-order valence-corrected chi connectivity index (χ2v) is 6.66. The Morgan fingerprint density at radius 3 is 2.76 bits per heavy atom. The number of benzene rings is 1. The molecule has 1 aliphatic heterocycles. The number of rotatable bonds is 4. The topological polar surface area (TPSA) is 54.4 Å². The highest BCUT2D eigenvalue weighted by atomic mass is 32.2. The summed E-state index contributed by atoms with van der Waals surface area (Å²) >= 11 is 0. The van der Waals surface area contributed by atoms with Crippen molar-refractivity contribution in [2.45, 2.75) is 30.6 Å². The maximum absolute atomic E-state index is 12.0. The SMILES string of the molecule is CCCC(CO)C1CS(=O)(=O)c2ccccc21. The summed E-state index contributed by atoms with van der Waals surface area (Å²) in [6, 6.07) is 7.17. The molecule has 17 heavy (non-hydrogen) atoms. The van der Waals surface area contributed by atoms with E-state index in [4.69, 9.17) is 0 Å². The molecule has 0 amide bonds. The maximum atomic E-state index is 12.0. The third-order valence-electron chi connectivity index (χ3n) is 3.52. The predicted octanol–water partition coefficient (Wildman–Crippen LogP) is 1.97. The fourth-order valence-electron chi connectivity index (χ4n) is 2.67. The van der Waals surface area contributed by atoms with Crippen LogP contribution in [0, 0.1) is 5.92 Å². The van der Waals surface area contributed by atoms with Gasteiger partial charge in [-0.05, 0) is 24.0 Å². The first-order valence-electron chi connectivity index (χ1n) is 6.02. The highest BCUT2D eigenvalue weighted by molar-refractivity contribution is 7.91. The highest BCUT2D eigenvalue weighted by Gasteiger charge is 2.37. The zero-order chi connectivity index (χ0) is 12.5. The minimum Gasteiger partial charge on any atom is -0.396 e. The van der Waals surface area contributed by atoms with Crippen molar-refractivity contribution in [3.63, 3.8) is 0 Å². The summed E-state index contributed by atoms with van der Waals surface area (Å²) in [5, 5.41) is 9.42. The Bertz CT molecular complexity index is 493. The van der Waals surface area contributed by atoms with Gasteiger partial charge in [-0.25, -0.2) is 8.42 Å². The summed E-state index contributed by atoms with van der Waals surface area (Å²) < 4.78 is 24.0. The van der Waals surface area contributed by atoms with Crippen LogP contribution < -0.4 is 0 Å². The third-order valence-corrected chi connectivity index (χ3v) is 5.36. The molecule has 4 heteroatoms. The number of hydrogen-bond donors (Lipinski definition) is 1. The van der Waals surface area contributed by atoms with Crippen LogP contribution in [0.4, 0.5) is 0 Å². The van der Waals surface area contributed by atoms with Gasteiger partial charge in [-0.15, -0.1) is 0 Å². The Morgan fingerprint density at radius 2 is 2.12 bits per heavy atom. The summed E-state index contributed by atoms with van der Waals surface area (Å²) in [5.41, 5.74) is 0.889. The lowest BCUT2D eigenvalue weighted by Crippen LogP contribution is -2.18. The number of hydrogen-bond acceptors (Lipinski definition) is 3. The van der Waals surface area contributed by atoms with E-state index in [0.29, 0.717) is 4.90 Å². The van der Waals surface area contributed by atoms with Crippen LogP contribution in [0.25, 0.3) is 0 Å². The lowest BCUT2D eigenvalue weighted by atomic mass is 9.85. The molecule has 94 valence electrons. The molecule has 0 saturated heterocycles. The second kappa shape index (κ2) is 4.78. The van der Waals surface area contributed by atoms with Crippen LogP contribution in [-0.2, 0) is 9.84 Å². The van der Waals surface area contributed by atoms with Gasteiger partial charge in [0.05, 0.1) is 10.6 Å². The summed E-state index contributed by atoms with van der Waals surface area (Å²) in [7, 11) is -3.14. The molecule has 0 bridgehead atoms. The third kappa shape index (κ3) is 2.24. The van der Waals surface area contributed by atoms with Crippen molar-refractivity contribution < 1.29 is 13.5 Å². The van der Waals surface area contributed by atoms with Crippen LogP contribution in [0.3, 0.4) is 0 Å². The summed E-state index contributed by atoms with van der Waals surface area (Å²) in [4.78, 5) is 0.458. The van der Waals surface area contributed by atoms with Gasteiger partial charge in [0.2, 0.25) is 0 Å². The average Bonchev–Trinajstić information content (AvgIpc) is 2.59. The fourth-order valence-corrected chi connectivity index (χ4v) is 4.64. The summed E-state index contributed by atoms with van der Waals surface area (Å²) in [6.45, 7) is 2.11. The van der Waals surface area contributed by atoms with Crippen LogP contribution in [-0.4, -0.2) is 25.9 Å². The molecule has 0 saturated carbocycles. The lowest BCUT2D eigenvalue weighted by Gasteiger charge is -2.20. The van der Waals surface area contributed by atoms with Gasteiger partial charge in [-0.1, -0.05) is 31.5 Å². The Labute approximate surface area is 102 Å². The molecule has 0 aromatic heterocycles. The molecule has 0 radical (unpaired) electrons. The van der Waals surface area contributed by atoms with E-state index in [0.717, 1.165) is 18.4 Å². The first kappa shape index (κ1) is 12.6. The first-order chi connectivity index (χ1) is 8.10. The average molecular weight is 254 g/mol. The van der Waals surface area contributed by atoms with E-state index in [1.54, 1.807) is 12.1 Å². The molecule has 1 heterocycles. The van der Waals surface area contributed by atoms with Crippen molar-refractivity contribution in [2.24, 2.45) is 5.92 Å². The van der Waals surface area contributed by atoms with Crippen LogP contribution in [0.2, 0.25) is 0 Å². The van der Waals surface area contributed by atoms with E-state index >= 15 is 0 Å². The second-order valence-electron chi connectivity index (χ2n) is 4.66. The molecule has 3 nitrogen and oxygen atoms in total. The van der Waals surface area contributed by atoms with Crippen LogP contribution in [0.5, 0.6) is 0 Å². The molecule has 1 N–H and O–H groups in total. The van der Waals surface area contributed by atoms with Crippen molar-refractivity contribution in [3.8, 4) is 0 Å².